The first-order valence-electron chi connectivity index (χ1n) is 4.51. The minimum Gasteiger partial charge on any atom is -0.346 e. The molecule has 1 unspecified atom stereocenters. The van der Waals surface area contributed by atoms with Gasteiger partial charge in [-0.2, -0.15) is 4.37 Å². The van der Waals surface area contributed by atoms with Crippen molar-refractivity contribution in [2.75, 3.05) is 25.0 Å². The maximum atomic E-state index is 4.36. The Hall–Kier alpha value is -0.680. The number of hydrogen-bond acceptors (Lipinski definition) is 5. The lowest BCUT2D eigenvalue weighted by molar-refractivity contribution is 0.683. The van der Waals surface area contributed by atoms with E-state index in [1.165, 1.54) is 18.0 Å². The molecule has 0 spiro atoms. The molecule has 1 aromatic rings. The second kappa shape index (κ2) is 3.59. The summed E-state index contributed by atoms with van der Waals surface area (Å²) in [5.74, 6) is 0.873. The molecule has 2 rings (SSSR count). The maximum absolute atomic E-state index is 4.36. The minimum absolute atomic E-state index is 0.590. The van der Waals surface area contributed by atoms with Crippen LogP contribution in [-0.4, -0.2) is 35.5 Å². The number of aromatic nitrogens is 2. The van der Waals surface area contributed by atoms with Crippen molar-refractivity contribution in [1.29, 1.82) is 0 Å². The van der Waals surface area contributed by atoms with Gasteiger partial charge in [-0.25, -0.2) is 4.98 Å². The first-order chi connectivity index (χ1) is 6.27. The molecule has 0 bridgehead atoms. The van der Waals surface area contributed by atoms with Gasteiger partial charge in [0.1, 0.15) is 5.82 Å². The fraction of sp³-hybridized carbons (Fsp3) is 0.750. The van der Waals surface area contributed by atoms with Crippen LogP contribution in [0.4, 0.5) is 5.13 Å². The Kier molecular flexibility index (Phi) is 2.46. The minimum atomic E-state index is 0.590. The van der Waals surface area contributed by atoms with Crippen molar-refractivity contribution in [2.45, 2.75) is 19.4 Å². The first-order valence-corrected chi connectivity index (χ1v) is 5.28. The third kappa shape index (κ3) is 1.81. The highest BCUT2D eigenvalue weighted by Gasteiger charge is 2.21. The lowest BCUT2D eigenvalue weighted by atomic mass is 10.2. The molecule has 1 saturated heterocycles. The second-order valence-corrected chi connectivity index (χ2v) is 4.11. The van der Waals surface area contributed by atoms with Gasteiger partial charge in [0.05, 0.1) is 0 Å². The molecule has 1 aromatic heterocycles. The summed E-state index contributed by atoms with van der Waals surface area (Å²) in [6.45, 7) is 4.11. The highest BCUT2D eigenvalue weighted by Crippen LogP contribution is 2.19. The van der Waals surface area contributed by atoms with E-state index in [0.717, 1.165) is 24.0 Å². The van der Waals surface area contributed by atoms with Gasteiger partial charge >= 0.3 is 0 Å². The summed E-state index contributed by atoms with van der Waals surface area (Å²) in [5, 5.41) is 4.38. The van der Waals surface area contributed by atoms with E-state index in [-0.39, 0.29) is 0 Å². The summed E-state index contributed by atoms with van der Waals surface area (Å²) in [5.41, 5.74) is 0. The highest BCUT2D eigenvalue weighted by molar-refractivity contribution is 7.09. The molecule has 5 heteroatoms. The van der Waals surface area contributed by atoms with Crippen LogP contribution in [0.15, 0.2) is 0 Å². The molecule has 72 valence electrons. The zero-order valence-corrected chi connectivity index (χ0v) is 8.77. The van der Waals surface area contributed by atoms with Crippen molar-refractivity contribution >= 4 is 16.7 Å². The monoisotopic (exact) mass is 198 g/mol. The Morgan fingerprint density at radius 3 is 3.00 bits per heavy atom. The van der Waals surface area contributed by atoms with E-state index in [0.29, 0.717) is 6.04 Å². The third-order valence-corrected chi connectivity index (χ3v) is 3.30. The van der Waals surface area contributed by atoms with Crippen LogP contribution in [0.25, 0.3) is 0 Å². The normalized spacial score (nSPS) is 22.2. The molecule has 1 atom stereocenters. The molecule has 2 heterocycles. The molecule has 0 saturated carbocycles. The van der Waals surface area contributed by atoms with Gasteiger partial charge < -0.3 is 10.2 Å². The van der Waals surface area contributed by atoms with Crippen molar-refractivity contribution in [3.63, 3.8) is 0 Å². The molecular weight excluding hydrogens is 184 g/mol. The fourth-order valence-corrected chi connectivity index (χ4v) is 2.26. The SMILES string of the molecule is Cc1nsc(N(C)C2CCNC2)n1. The summed E-state index contributed by atoms with van der Waals surface area (Å²) in [6, 6.07) is 0.590. The Morgan fingerprint density at radius 1 is 1.62 bits per heavy atom. The van der Waals surface area contributed by atoms with Crippen molar-refractivity contribution < 1.29 is 0 Å². The molecule has 0 radical (unpaired) electrons. The number of anilines is 1. The molecule has 1 aliphatic heterocycles. The van der Waals surface area contributed by atoms with Gasteiger partial charge in [-0.1, -0.05) is 0 Å². The maximum Gasteiger partial charge on any atom is 0.205 e. The van der Waals surface area contributed by atoms with Gasteiger partial charge in [0.15, 0.2) is 0 Å². The van der Waals surface area contributed by atoms with Gasteiger partial charge in [-0.15, -0.1) is 0 Å². The summed E-state index contributed by atoms with van der Waals surface area (Å²) in [6.07, 6.45) is 1.20. The van der Waals surface area contributed by atoms with E-state index in [1.807, 2.05) is 6.92 Å². The van der Waals surface area contributed by atoms with Crippen LogP contribution in [0, 0.1) is 6.92 Å². The number of likely N-dealkylation sites (N-methyl/N-ethyl adjacent to an activating group) is 1. The van der Waals surface area contributed by atoms with Gasteiger partial charge in [0.25, 0.3) is 0 Å². The Morgan fingerprint density at radius 2 is 2.46 bits per heavy atom. The number of hydrogen-bond donors (Lipinski definition) is 1. The van der Waals surface area contributed by atoms with Crippen LogP contribution >= 0.6 is 11.5 Å². The Balaban J connectivity index is 2.07. The summed E-state index contributed by atoms with van der Waals surface area (Å²) >= 11 is 1.48. The van der Waals surface area contributed by atoms with E-state index >= 15 is 0 Å². The molecule has 1 N–H and O–H groups in total. The predicted molar refractivity (Wildman–Crippen MR) is 54.3 cm³/mol. The fourth-order valence-electron chi connectivity index (χ4n) is 1.56. The standard InChI is InChI=1S/C8H14N4S/c1-6-10-8(13-11-6)12(2)7-3-4-9-5-7/h7,9H,3-5H2,1-2H3. The van der Waals surface area contributed by atoms with E-state index < -0.39 is 0 Å². The molecule has 0 aliphatic carbocycles. The molecule has 4 nitrogen and oxygen atoms in total. The van der Waals surface area contributed by atoms with Crippen LogP contribution in [0.3, 0.4) is 0 Å². The first kappa shape index (κ1) is 8.90. The molecule has 0 aromatic carbocycles. The predicted octanol–water partition coefficient (Wildman–Crippen LogP) is 0.645. The van der Waals surface area contributed by atoms with Gasteiger partial charge in [-0.05, 0) is 19.9 Å². The van der Waals surface area contributed by atoms with Crippen LogP contribution < -0.4 is 10.2 Å². The zero-order valence-electron chi connectivity index (χ0n) is 7.95. The molecule has 1 aliphatic rings. The van der Waals surface area contributed by atoms with Gasteiger partial charge in [0.2, 0.25) is 5.13 Å². The van der Waals surface area contributed by atoms with Crippen molar-refractivity contribution in [3.8, 4) is 0 Å². The summed E-state index contributed by atoms with van der Waals surface area (Å²) in [7, 11) is 2.09. The van der Waals surface area contributed by atoms with Gasteiger partial charge in [-0.3, -0.25) is 0 Å². The topological polar surface area (TPSA) is 41.1 Å². The molecular formula is C8H14N4S. The van der Waals surface area contributed by atoms with E-state index in [4.69, 9.17) is 0 Å². The van der Waals surface area contributed by atoms with E-state index in [9.17, 15) is 0 Å². The average molecular weight is 198 g/mol. The van der Waals surface area contributed by atoms with Crippen molar-refractivity contribution in [1.82, 2.24) is 14.7 Å². The zero-order chi connectivity index (χ0) is 9.26. The lowest BCUT2D eigenvalue weighted by Gasteiger charge is -2.21. The highest BCUT2D eigenvalue weighted by atomic mass is 32.1. The summed E-state index contributed by atoms with van der Waals surface area (Å²) < 4.78 is 4.18. The van der Waals surface area contributed by atoms with E-state index in [1.54, 1.807) is 0 Å². The second-order valence-electron chi connectivity index (χ2n) is 3.38. The van der Waals surface area contributed by atoms with Crippen LogP contribution in [0.2, 0.25) is 0 Å². The summed E-state index contributed by atoms with van der Waals surface area (Å²) in [4.78, 5) is 6.59. The Bertz CT molecular complexity index is 279. The van der Waals surface area contributed by atoms with E-state index in [2.05, 4.69) is 26.6 Å². The number of rotatable bonds is 2. The largest absolute Gasteiger partial charge is 0.346 e. The quantitative estimate of drug-likeness (QED) is 0.757. The number of aryl methyl sites for hydroxylation is 1. The number of nitrogens with zero attached hydrogens (tertiary/aromatic N) is 3. The lowest BCUT2D eigenvalue weighted by Crippen LogP contribution is -2.33. The van der Waals surface area contributed by atoms with Gasteiger partial charge in [0, 0.05) is 31.2 Å². The average Bonchev–Trinajstić information content (AvgIpc) is 2.72. The van der Waals surface area contributed by atoms with Crippen LogP contribution in [-0.2, 0) is 0 Å². The third-order valence-electron chi connectivity index (χ3n) is 2.40. The number of nitrogens with one attached hydrogen (secondary N) is 1. The van der Waals surface area contributed by atoms with Crippen molar-refractivity contribution in [3.05, 3.63) is 5.82 Å². The Labute approximate surface area is 82.1 Å². The molecule has 0 amide bonds. The molecule has 1 fully saturated rings. The van der Waals surface area contributed by atoms with Crippen molar-refractivity contribution in [2.24, 2.45) is 0 Å². The van der Waals surface area contributed by atoms with Crippen LogP contribution in [0.1, 0.15) is 12.2 Å². The smallest absolute Gasteiger partial charge is 0.205 e. The van der Waals surface area contributed by atoms with Crippen LogP contribution in [0.5, 0.6) is 0 Å². The molecule has 13 heavy (non-hydrogen) atoms.